The summed E-state index contributed by atoms with van der Waals surface area (Å²) in [5, 5.41) is 0. The lowest BCUT2D eigenvalue weighted by Crippen LogP contribution is -2.43. The molecule has 0 aromatic rings. The molecule has 2 nitrogen and oxygen atoms in total. The van der Waals surface area contributed by atoms with Gasteiger partial charge in [0, 0.05) is 12.1 Å². The highest BCUT2D eigenvalue weighted by Crippen LogP contribution is 2.22. The van der Waals surface area contributed by atoms with E-state index in [9.17, 15) is 0 Å². The quantitative estimate of drug-likeness (QED) is 0.640. The molecule has 0 aromatic carbocycles. The summed E-state index contributed by atoms with van der Waals surface area (Å²) >= 11 is 0. The topological polar surface area (TPSA) is 35.2 Å². The Labute approximate surface area is 95.6 Å². The van der Waals surface area contributed by atoms with Crippen LogP contribution in [-0.4, -0.2) is 18.8 Å². The van der Waals surface area contributed by atoms with Crippen LogP contribution in [0.15, 0.2) is 0 Å². The molecule has 0 aliphatic heterocycles. The molecule has 2 atom stereocenters. The summed E-state index contributed by atoms with van der Waals surface area (Å²) < 4.78 is 5.42. The van der Waals surface area contributed by atoms with Crippen LogP contribution in [0, 0.1) is 5.92 Å². The monoisotopic (exact) mass is 215 g/mol. The summed E-state index contributed by atoms with van der Waals surface area (Å²) in [7, 11) is 0. The second-order valence-corrected chi connectivity index (χ2v) is 4.91. The van der Waals surface area contributed by atoms with Crippen LogP contribution < -0.4 is 5.73 Å². The van der Waals surface area contributed by atoms with Crippen molar-refractivity contribution in [3.05, 3.63) is 0 Å². The standard InChI is InChI=1S/C13H29NO/c1-5-8-9-12(6-2)10-13(4,14)11-15-7-3/h12H,5-11,14H2,1-4H3. The number of ether oxygens (including phenoxy) is 1. The van der Waals surface area contributed by atoms with Crippen LogP contribution in [0.2, 0.25) is 0 Å². The Bertz CT molecular complexity index is 145. The van der Waals surface area contributed by atoms with E-state index in [1.54, 1.807) is 0 Å². The molecule has 0 saturated heterocycles. The third-order valence-corrected chi connectivity index (χ3v) is 2.93. The van der Waals surface area contributed by atoms with Crippen molar-refractivity contribution in [1.82, 2.24) is 0 Å². The highest BCUT2D eigenvalue weighted by Gasteiger charge is 2.22. The van der Waals surface area contributed by atoms with Crippen LogP contribution in [0.5, 0.6) is 0 Å². The van der Waals surface area contributed by atoms with Gasteiger partial charge in [-0.1, -0.05) is 39.5 Å². The van der Waals surface area contributed by atoms with Crippen LogP contribution in [0.25, 0.3) is 0 Å². The molecule has 0 heterocycles. The number of hydrogen-bond donors (Lipinski definition) is 1. The van der Waals surface area contributed by atoms with Gasteiger partial charge in [-0.05, 0) is 26.2 Å². The van der Waals surface area contributed by atoms with Gasteiger partial charge in [-0.15, -0.1) is 0 Å². The zero-order chi connectivity index (χ0) is 11.7. The van der Waals surface area contributed by atoms with Crippen LogP contribution in [0.1, 0.15) is 59.8 Å². The van der Waals surface area contributed by atoms with Crippen LogP contribution in [0.3, 0.4) is 0 Å². The van der Waals surface area contributed by atoms with E-state index in [-0.39, 0.29) is 5.54 Å². The first-order valence-electron chi connectivity index (χ1n) is 6.42. The zero-order valence-corrected chi connectivity index (χ0v) is 11.0. The maximum atomic E-state index is 6.23. The Balaban J connectivity index is 3.90. The Hall–Kier alpha value is -0.0800. The molecule has 15 heavy (non-hydrogen) atoms. The summed E-state index contributed by atoms with van der Waals surface area (Å²) in [4.78, 5) is 0. The third-order valence-electron chi connectivity index (χ3n) is 2.93. The van der Waals surface area contributed by atoms with E-state index in [1.165, 1.54) is 25.7 Å². The normalized spacial score (nSPS) is 17.4. The van der Waals surface area contributed by atoms with Crippen molar-refractivity contribution in [2.45, 2.75) is 65.3 Å². The van der Waals surface area contributed by atoms with Gasteiger partial charge in [-0.25, -0.2) is 0 Å². The molecule has 0 aromatic heterocycles. The summed E-state index contributed by atoms with van der Waals surface area (Å²) in [6, 6.07) is 0. The van der Waals surface area contributed by atoms with Gasteiger partial charge in [0.2, 0.25) is 0 Å². The van der Waals surface area contributed by atoms with Crippen molar-refractivity contribution < 1.29 is 4.74 Å². The minimum atomic E-state index is -0.148. The van der Waals surface area contributed by atoms with Gasteiger partial charge >= 0.3 is 0 Å². The van der Waals surface area contributed by atoms with E-state index in [4.69, 9.17) is 10.5 Å². The number of hydrogen-bond acceptors (Lipinski definition) is 2. The van der Waals surface area contributed by atoms with Gasteiger partial charge in [0.05, 0.1) is 6.61 Å². The molecular weight excluding hydrogens is 186 g/mol. The second kappa shape index (κ2) is 8.12. The smallest absolute Gasteiger partial charge is 0.0643 e. The van der Waals surface area contributed by atoms with Gasteiger partial charge < -0.3 is 10.5 Å². The van der Waals surface area contributed by atoms with Crippen LogP contribution >= 0.6 is 0 Å². The van der Waals surface area contributed by atoms with Crippen LogP contribution in [0.4, 0.5) is 0 Å². The highest BCUT2D eigenvalue weighted by atomic mass is 16.5. The molecule has 0 saturated carbocycles. The summed E-state index contributed by atoms with van der Waals surface area (Å²) in [5.41, 5.74) is 6.08. The molecular formula is C13H29NO. The van der Waals surface area contributed by atoms with E-state index in [2.05, 4.69) is 20.8 Å². The van der Waals surface area contributed by atoms with Gasteiger partial charge in [0.1, 0.15) is 0 Å². The molecule has 0 rings (SSSR count). The molecule has 0 amide bonds. The first-order chi connectivity index (χ1) is 7.05. The number of nitrogens with two attached hydrogens (primary N) is 1. The lowest BCUT2D eigenvalue weighted by molar-refractivity contribution is 0.0884. The van der Waals surface area contributed by atoms with E-state index >= 15 is 0 Å². The van der Waals surface area contributed by atoms with Crippen molar-refractivity contribution in [1.29, 1.82) is 0 Å². The maximum absolute atomic E-state index is 6.23. The van der Waals surface area contributed by atoms with E-state index in [0.717, 1.165) is 18.9 Å². The second-order valence-electron chi connectivity index (χ2n) is 4.91. The van der Waals surface area contributed by atoms with E-state index in [0.29, 0.717) is 6.61 Å². The Kier molecular flexibility index (Phi) is 8.07. The number of rotatable bonds is 9. The Morgan fingerprint density at radius 2 is 1.93 bits per heavy atom. The van der Waals surface area contributed by atoms with Crippen molar-refractivity contribution in [3.8, 4) is 0 Å². The SMILES string of the molecule is CCCCC(CC)CC(C)(N)COCC. The molecule has 2 heteroatoms. The van der Waals surface area contributed by atoms with E-state index < -0.39 is 0 Å². The molecule has 0 radical (unpaired) electrons. The molecule has 2 unspecified atom stereocenters. The third kappa shape index (κ3) is 7.80. The molecule has 0 fully saturated rings. The lowest BCUT2D eigenvalue weighted by atomic mass is 9.86. The molecule has 0 aliphatic rings. The average Bonchev–Trinajstić information content (AvgIpc) is 2.21. The summed E-state index contributed by atoms with van der Waals surface area (Å²) in [5.74, 6) is 0.764. The van der Waals surface area contributed by atoms with Gasteiger partial charge in [0.15, 0.2) is 0 Å². The Morgan fingerprint density at radius 3 is 2.40 bits per heavy atom. The average molecular weight is 215 g/mol. The van der Waals surface area contributed by atoms with Crippen molar-refractivity contribution in [3.63, 3.8) is 0 Å². The molecule has 0 spiro atoms. The molecule has 92 valence electrons. The minimum absolute atomic E-state index is 0.148. The van der Waals surface area contributed by atoms with Crippen molar-refractivity contribution >= 4 is 0 Å². The largest absolute Gasteiger partial charge is 0.380 e. The maximum Gasteiger partial charge on any atom is 0.0643 e. The lowest BCUT2D eigenvalue weighted by Gasteiger charge is -2.29. The van der Waals surface area contributed by atoms with Gasteiger partial charge in [-0.2, -0.15) is 0 Å². The van der Waals surface area contributed by atoms with E-state index in [1.807, 2.05) is 6.92 Å². The fourth-order valence-corrected chi connectivity index (χ4v) is 2.00. The number of unbranched alkanes of at least 4 members (excludes halogenated alkanes) is 1. The first kappa shape index (κ1) is 14.9. The molecule has 0 bridgehead atoms. The fraction of sp³-hybridized carbons (Fsp3) is 1.00. The highest BCUT2D eigenvalue weighted by molar-refractivity contribution is 4.81. The van der Waals surface area contributed by atoms with Gasteiger partial charge in [-0.3, -0.25) is 0 Å². The van der Waals surface area contributed by atoms with Gasteiger partial charge in [0.25, 0.3) is 0 Å². The molecule has 2 N–H and O–H groups in total. The van der Waals surface area contributed by atoms with Crippen molar-refractivity contribution in [2.75, 3.05) is 13.2 Å². The van der Waals surface area contributed by atoms with Crippen molar-refractivity contribution in [2.24, 2.45) is 11.7 Å². The molecule has 0 aliphatic carbocycles. The van der Waals surface area contributed by atoms with Crippen LogP contribution in [-0.2, 0) is 4.74 Å². The Morgan fingerprint density at radius 1 is 1.27 bits per heavy atom. The first-order valence-corrected chi connectivity index (χ1v) is 6.42. The predicted octanol–water partition coefficient (Wildman–Crippen LogP) is 3.35. The fourth-order valence-electron chi connectivity index (χ4n) is 2.00. The summed E-state index contributed by atoms with van der Waals surface area (Å²) in [6.07, 6.45) is 6.24. The minimum Gasteiger partial charge on any atom is -0.380 e. The predicted molar refractivity (Wildman–Crippen MR) is 67.0 cm³/mol. The summed E-state index contributed by atoms with van der Waals surface area (Å²) in [6.45, 7) is 10.1. The zero-order valence-electron chi connectivity index (χ0n) is 11.0.